The summed E-state index contributed by atoms with van der Waals surface area (Å²) in [6.45, 7) is 1.28. The first-order valence-corrected chi connectivity index (χ1v) is 7.26. The number of carboxylic acid groups (broad SMARTS) is 1. The minimum Gasteiger partial charge on any atom is -0.465 e. The van der Waals surface area contributed by atoms with Crippen LogP contribution < -0.4 is 5.73 Å². The van der Waals surface area contributed by atoms with Crippen LogP contribution in [0.15, 0.2) is 30.3 Å². The summed E-state index contributed by atoms with van der Waals surface area (Å²) in [7, 11) is 0. The van der Waals surface area contributed by atoms with Gasteiger partial charge in [0.05, 0.1) is 5.54 Å². The Balaban J connectivity index is 3.13. The van der Waals surface area contributed by atoms with Crippen molar-refractivity contribution in [1.29, 1.82) is 0 Å². The van der Waals surface area contributed by atoms with E-state index in [1.165, 1.54) is 6.92 Å². The van der Waals surface area contributed by atoms with Crippen LogP contribution >= 0.6 is 22.6 Å². The molecule has 2 unspecified atom stereocenters. The SMILES string of the molecule is CC(CN)(CC(F)F)N(C(=O)O)C(I)c1ccccc1. The van der Waals surface area contributed by atoms with Crippen LogP contribution in [-0.4, -0.2) is 34.6 Å². The Hall–Kier alpha value is -0.960. The van der Waals surface area contributed by atoms with Gasteiger partial charge < -0.3 is 10.8 Å². The molecule has 0 fully saturated rings. The Labute approximate surface area is 130 Å². The maximum Gasteiger partial charge on any atom is 0.408 e. The van der Waals surface area contributed by atoms with Gasteiger partial charge in [0, 0.05) is 13.0 Å². The fraction of sp³-hybridized carbons (Fsp3) is 0.462. The van der Waals surface area contributed by atoms with Gasteiger partial charge in [-0.15, -0.1) is 0 Å². The van der Waals surface area contributed by atoms with Crippen LogP contribution in [0.1, 0.15) is 23.0 Å². The van der Waals surface area contributed by atoms with Crippen molar-refractivity contribution in [2.24, 2.45) is 5.73 Å². The highest BCUT2D eigenvalue weighted by molar-refractivity contribution is 14.1. The second-order valence-corrected chi connectivity index (χ2v) is 5.88. The molecule has 20 heavy (non-hydrogen) atoms. The Bertz CT molecular complexity index is 447. The summed E-state index contributed by atoms with van der Waals surface area (Å²) in [6.07, 6.45) is -4.48. The van der Waals surface area contributed by atoms with Crippen LogP contribution in [0.25, 0.3) is 0 Å². The summed E-state index contributed by atoms with van der Waals surface area (Å²) in [5.41, 5.74) is 4.98. The molecule has 7 heteroatoms. The molecule has 1 aromatic rings. The highest BCUT2D eigenvalue weighted by Crippen LogP contribution is 2.36. The van der Waals surface area contributed by atoms with Crippen molar-refractivity contribution < 1.29 is 18.7 Å². The summed E-state index contributed by atoms with van der Waals surface area (Å²) in [6, 6.07) is 8.86. The Morgan fingerprint density at radius 2 is 2.00 bits per heavy atom. The van der Waals surface area contributed by atoms with Gasteiger partial charge >= 0.3 is 6.09 Å². The number of carbonyl (C=O) groups is 1. The zero-order valence-corrected chi connectivity index (χ0v) is 13.1. The van der Waals surface area contributed by atoms with Crippen LogP contribution in [0.3, 0.4) is 0 Å². The molecule has 1 rings (SSSR count). The lowest BCUT2D eigenvalue weighted by molar-refractivity contribution is 0.0305. The van der Waals surface area contributed by atoms with Gasteiger partial charge in [0.1, 0.15) is 4.05 Å². The van der Waals surface area contributed by atoms with E-state index in [4.69, 9.17) is 5.73 Å². The predicted molar refractivity (Wildman–Crippen MR) is 81.1 cm³/mol. The largest absolute Gasteiger partial charge is 0.465 e. The predicted octanol–water partition coefficient (Wildman–Crippen LogP) is 3.47. The van der Waals surface area contributed by atoms with Gasteiger partial charge in [0.15, 0.2) is 0 Å². The molecule has 1 amide bonds. The Kier molecular flexibility index (Phi) is 6.12. The van der Waals surface area contributed by atoms with Gasteiger partial charge in [-0.1, -0.05) is 52.9 Å². The maximum atomic E-state index is 12.7. The quantitative estimate of drug-likeness (QED) is 0.438. The fourth-order valence-electron chi connectivity index (χ4n) is 1.97. The molecule has 1 aromatic carbocycles. The molecule has 4 nitrogen and oxygen atoms in total. The van der Waals surface area contributed by atoms with E-state index in [-0.39, 0.29) is 6.54 Å². The number of nitrogens with zero attached hydrogens (tertiary/aromatic N) is 1. The summed E-state index contributed by atoms with van der Waals surface area (Å²) < 4.78 is 24.9. The molecule has 2 atom stereocenters. The van der Waals surface area contributed by atoms with Crippen LogP contribution in [0.4, 0.5) is 13.6 Å². The number of alkyl halides is 3. The Morgan fingerprint density at radius 3 is 2.40 bits per heavy atom. The first-order valence-electron chi connectivity index (χ1n) is 6.01. The van der Waals surface area contributed by atoms with Crippen LogP contribution in [0, 0.1) is 0 Å². The third-order valence-corrected chi connectivity index (χ3v) is 4.40. The van der Waals surface area contributed by atoms with Crippen molar-refractivity contribution >= 4 is 28.7 Å². The third-order valence-electron chi connectivity index (χ3n) is 3.12. The molecular weight excluding hydrogens is 381 g/mol. The molecule has 0 saturated heterocycles. The van der Waals surface area contributed by atoms with Crippen molar-refractivity contribution in [1.82, 2.24) is 4.90 Å². The number of nitrogens with two attached hydrogens (primary N) is 1. The van der Waals surface area contributed by atoms with E-state index in [1.807, 2.05) is 22.6 Å². The number of hydrogen-bond acceptors (Lipinski definition) is 2. The summed E-state index contributed by atoms with van der Waals surface area (Å²) in [5, 5.41) is 9.41. The first kappa shape index (κ1) is 17.1. The summed E-state index contributed by atoms with van der Waals surface area (Å²) >= 11 is 1.92. The van der Waals surface area contributed by atoms with E-state index in [9.17, 15) is 18.7 Å². The number of halogens is 3. The highest BCUT2D eigenvalue weighted by Gasteiger charge is 2.40. The minimum absolute atomic E-state index is 0.171. The molecule has 3 N–H and O–H groups in total. The molecule has 0 aliphatic carbocycles. The zero-order chi connectivity index (χ0) is 15.3. The standard InChI is InChI=1S/C13H17F2IN2O2/c1-13(8-17,7-10(14)15)18(12(19)20)11(16)9-5-3-2-4-6-9/h2-6,10-11H,7-8,17H2,1H3,(H,19,20). The van der Waals surface area contributed by atoms with Crippen LogP contribution in [0.5, 0.6) is 0 Å². The molecule has 0 heterocycles. The second kappa shape index (κ2) is 7.16. The molecular formula is C13H17F2IN2O2. The van der Waals surface area contributed by atoms with Gasteiger partial charge in [-0.2, -0.15) is 0 Å². The highest BCUT2D eigenvalue weighted by atomic mass is 127. The van der Waals surface area contributed by atoms with E-state index in [2.05, 4.69) is 0 Å². The van der Waals surface area contributed by atoms with Crippen LogP contribution in [0.2, 0.25) is 0 Å². The second-order valence-electron chi connectivity index (χ2n) is 4.70. The van der Waals surface area contributed by atoms with Gasteiger partial charge in [0.2, 0.25) is 6.43 Å². The molecule has 0 aliphatic heterocycles. The van der Waals surface area contributed by atoms with E-state index in [0.29, 0.717) is 0 Å². The molecule has 0 bridgehead atoms. The fourth-order valence-corrected chi connectivity index (χ4v) is 3.30. The minimum atomic E-state index is -2.62. The monoisotopic (exact) mass is 398 g/mol. The van der Waals surface area contributed by atoms with E-state index < -0.39 is 28.5 Å². The number of hydrogen-bond donors (Lipinski definition) is 2. The molecule has 0 aliphatic rings. The van der Waals surface area contributed by atoms with Crippen molar-refractivity contribution in [3.63, 3.8) is 0 Å². The maximum absolute atomic E-state index is 12.7. The van der Waals surface area contributed by atoms with Gasteiger partial charge in [0.25, 0.3) is 0 Å². The van der Waals surface area contributed by atoms with Gasteiger partial charge in [-0.05, 0) is 12.5 Å². The lowest BCUT2D eigenvalue weighted by Gasteiger charge is -2.41. The third kappa shape index (κ3) is 4.02. The van der Waals surface area contributed by atoms with E-state index in [1.54, 1.807) is 30.3 Å². The number of amides is 1. The lowest BCUT2D eigenvalue weighted by atomic mass is 9.95. The first-order chi connectivity index (χ1) is 9.31. The van der Waals surface area contributed by atoms with Gasteiger partial charge in [-0.25, -0.2) is 13.6 Å². The van der Waals surface area contributed by atoms with Crippen LogP contribution in [-0.2, 0) is 0 Å². The zero-order valence-electron chi connectivity index (χ0n) is 11.0. The van der Waals surface area contributed by atoms with E-state index in [0.717, 1.165) is 10.5 Å². The average molecular weight is 398 g/mol. The smallest absolute Gasteiger partial charge is 0.408 e. The van der Waals surface area contributed by atoms with E-state index >= 15 is 0 Å². The van der Waals surface area contributed by atoms with Crippen molar-refractivity contribution in [2.45, 2.75) is 29.4 Å². The summed E-state index contributed by atoms with van der Waals surface area (Å²) in [4.78, 5) is 12.5. The van der Waals surface area contributed by atoms with Crippen molar-refractivity contribution in [2.75, 3.05) is 6.54 Å². The lowest BCUT2D eigenvalue weighted by Crippen LogP contribution is -2.55. The number of benzene rings is 1. The molecule has 0 radical (unpaired) electrons. The van der Waals surface area contributed by atoms with Gasteiger partial charge in [-0.3, -0.25) is 4.90 Å². The average Bonchev–Trinajstić information content (AvgIpc) is 2.38. The van der Waals surface area contributed by atoms with Crippen molar-refractivity contribution in [3.05, 3.63) is 35.9 Å². The topological polar surface area (TPSA) is 66.6 Å². The molecule has 112 valence electrons. The number of rotatable bonds is 6. The normalized spacial score (nSPS) is 15.7. The molecule has 0 spiro atoms. The molecule has 0 aromatic heterocycles. The Morgan fingerprint density at radius 1 is 1.45 bits per heavy atom. The summed E-state index contributed by atoms with van der Waals surface area (Å²) in [5.74, 6) is 0. The molecule has 0 saturated carbocycles. The van der Waals surface area contributed by atoms with Crippen molar-refractivity contribution in [3.8, 4) is 0 Å².